The molecular formula is C8H17NO. The first kappa shape index (κ1) is 8.02. The van der Waals surface area contributed by atoms with Crippen LogP contribution in [0.2, 0.25) is 0 Å². The van der Waals surface area contributed by atoms with Gasteiger partial charge in [-0.3, -0.25) is 0 Å². The highest BCUT2D eigenvalue weighted by atomic mass is 16.5. The Morgan fingerprint density at radius 3 is 2.70 bits per heavy atom. The Balaban J connectivity index is 2.40. The van der Waals surface area contributed by atoms with Crippen LogP contribution >= 0.6 is 0 Å². The second-order valence-electron chi connectivity index (χ2n) is 3.65. The molecule has 0 saturated carbocycles. The molecule has 0 amide bonds. The zero-order chi connectivity index (χ0) is 7.61. The summed E-state index contributed by atoms with van der Waals surface area (Å²) in [5.41, 5.74) is 0.179. The molecule has 1 unspecified atom stereocenters. The number of hydrogen-bond donors (Lipinski definition) is 1. The number of nitrogens with one attached hydrogen (secondary N) is 1. The number of ether oxygens (including phenoxy) is 1. The van der Waals surface area contributed by atoms with Gasteiger partial charge in [0.2, 0.25) is 0 Å². The molecule has 0 radical (unpaired) electrons. The highest BCUT2D eigenvalue weighted by Gasteiger charge is 2.26. The van der Waals surface area contributed by atoms with E-state index in [1.807, 2.05) is 0 Å². The predicted molar refractivity (Wildman–Crippen MR) is 42.1 cm³/mol. The van der Waals surface area contributed by atoms with Gasteiger partial charge in [-0.05, 0) is 20.3 Å². The van der Waals surface area contributed by atoms with Crippen molar-refractivity contribution in [3.8, 4) is 0 Å². The summed E-state index contributed by atoms with van der Waals surface area (Å²) in [5.74, 6) is 0. The van der Waals surface area contributed by atoms with E-state index < -0.39 is 0 Å². The van der Waals surface area contributed by atoms with Gasteiger partial charge in [0.05, 0.1) is 13.2 Å². The summed E-state index contributed by atoms with van der Waals surface area (Å²) in [4.78, 5) is 0. The lowest BCUT2D eigenvalue weighted by Crippen LogP contribution is -2.55. The Hall–Kier alpha value is -0.0800. The maximum atomic E-state index is 5.43. The third kappa shape index (κ3) is 1.96. The van der Waals surface area contributed by atoms with Gasteiger partial charge in [-0.25, -0.2) is 0 Å². The Bertz CT molecular complexity index is 112. The third-order valence-electron chi connectivity index (χ3n) is 1.87. The molecule has 1 heterocycles. The summed E-state index contributed by atoms with van der Waals surface area (Å²) in [6.45, 7) is 8.25. The fourth-order valence-electron chi connectivity index (χ4n) is 1.31. The second kappa shape index (κ2) is 2.89. The molecule has 1 rings (SSSR count). The van der Waals surface area contributed by atoms with Crippen molar-refractivity contribution in [3.63, 3.8) is 0 Å². The van der Waals surface area contributed by atoms with Gasteiger partial charge < -0.3 is 10.1 Å². The van der Waals surface area contributed by atoms with E-state index in [0.29, 0.717) is 6.04 Å². The molecule has 1 atom stereocenters. The summed E-state index contributed by atoms with van der Waals surface area (Å²) in [5, 5.41) is 3.52. The van der Waals surface area contributed by atoms with Gasteiger partial charge in [0, 0.05) is 11.6 Å². The Morgan fingerprint density at radius 1 is 1.60 bits per heavy atom. The van der Waals surface area contributed by atoms with E-state index in [1.54, 1.807) is 0 Å². The summed E-state index contributed by atoms with van der Waals surface area (Å²) in [6, 6.07) is 0.559. The maximum absolute atomic E-state index is 5.43. The largest absolute Gasteiger partial charge is 0.378 e. The van der Waals surface area contributed by atoms with Crippen LogP contribution in [0, 0.1) is 0 Å². The topological polar surface area (TPSA) is 21.3 Å². The van der Waals surface area contributed by atoms with Crippen LogP contribution in [0.1, 0.15) is 27.2 Å². The molecule has 1 saturated heterocycles. The lowest BCUT2D eigenvalue weighted by atomic mass is 10.0. The molecule has 0 aromatic rings. The fraction of sp³-hybridized carbons (Fsp3) is 1.00. The minimum absolute atomic E-state index is 0.179. The molecular weight excluding hydrogens is 126 g/mol. The van der Waals surface area contributed by atoms with E-state index in [0.717, 1.165) is 19.6 Å². The van der Waals surface area contributed by atoms with E-state index in [1.165, 1.54) is 0 Å². The van der Waals surface area contributed by atoms with Gasteiger partial charge in [0.15, 0.2) is 0 Å². The van der Waals surface area contributed by atoms with Crippen molar-refractivity contribution in [1.82, 2.24) is 5.32 Å². The Morgan fingerprint density at radius 2 is 2.30 bits per heavy atom. The van der Waals surface area contributed by atoms with Gasteiger partial charge in [0.1, 0.15) is 0 Å². The molecule has 1 aliphatic heterocycles. The summed E-state index contributed by atoms with van der Waals surface area (Å²) < 4.78 is 5.43. The molecule has 0 aliphatic carbocycles. The van der Waals surface area contributed by atoms with Crippen molar-refractivity contribution < 1.29 is 4.74 Å². The standard InChI is InChI=1S/C8H17NO/c1-4-7-5-10-6-8(2,3)9-7/h7,9H,4-6H2,1-3H3. The molecule has 2 heteroatoms. The van der Waals surface area contributed by atoms with Gasteiger partial charge in [-0.1, -0.05) is 6.92 Å². The quantitative estimate of drug-likeness (QED) is 0.595. The molecule has 60 valence electrons. The number of hydrogen-bond acceptors (Lipinski definition) is 2. The highest BCUT2D eigenvalue weighted by molar-refractivity contribution is 4.85. The first-order chi connectivity index (χ1) is 4.64. The van der Waals surface area contributed by atoms with Crippen LogP contribution in [0.3, 0.4) is 0 Å². The molecule has 10 heavy (non-hydrogen) atoms. The minimum atomic E-state index is 0.179. The molecule has 1 N–H and O–H groups in total. The summed E-state index contributed by atoms with van der Waals surface area (Å²) >= 11 is 0. The Labute approximate surface area is 63.0 Å². The van der Waals surface area contributed by atoms with E-state index in [2.05, 4.69) is 26.1 Å². The van der Waals surface area contributed by atoms with Crippen LogP contribution in [0.25, 0.3) is 0 Å². The first-order valence-corrected chi connectivity index (χ1v) is 3.99. The van der Waals surface area contributed by atoms with Crippen molar-refractivity contribution in [2.45, 2.75) is 38.8 Å². The maximum Gasteiger partial charge on any atom is 0.0643 e. The summed E-state index contributed by atoms with van der Waals surface area (Å²) in [7, 11) is 0. The van der Waals surface area contributed by atoms with Crippen molar-refractivity contribution in [1.29, 1.82) is 0 Å². The highest BCUT2D eigenvalue weighted by Crippen LogP contribution is 2.11. The third-order valence-corrected chi connectivity index (χ3v) is 1.87. The fourth-order valence-corrected chi connectivity index (χ4v) is 1.31. The van der Waals surface area contributed by atoms with Crippen LogP contribution in [0.4, 0.5) is 0 Å². The van der Waals surface area contributed by atoms with E-state index in [4.69, 9.17) is 4.74 Å². The van der Waals surface area contributed by atoms with Gasteiger partial charge in [0.25, 0.3) is 0 Å². The zero-order valence-electron chi connectivity index (χ0n) is 7.11. The lowest BCUT2D eigenvalue weighted by Gasteiger charge is -2.36. The molecule has 0 aromatic carbocycles. The zero-order valence-corrected chi connectivity index (χ0v) is 7.11. The van der Waals surface area contributed by atoms with Crippen molar-refractivity contribution >= 4 is 0 Å². The second-order valence-corrected chi connectivity index (χ2v) is 3.65. The van der Waals surface area contributed by atoms with Crippen molar-refractivity contribution in [2.24, 2.45) is 0 Å². The SMILES string of the molecule is CCC1COCC(C)(C)N1. The monoisotopic (exact) mass is 143 g/mol. The smallest absolute Gasteiger partial charge is 0.0643 e. The Kier molecular flexibility index (Phi) is 2.32. The predicted octanol–water partition coefficient (Wildman–Crippen LogP) is 1.16. The molecule has 0 spiro atoms. The van der Waals surface area contributed by atoms with E-state index >= 15 is 0 Å². The normalized spacial score (nSPS) is 32.1. The average Bonchev–Trinajstić information content (AvgIpc) is 1.86. The van der Waals surface area contributed by atoms with Gasteiger partial charge in [-0.2, -0.15) is 0 Å². The lowest BCUT2D eigenvalue weighted by molar-refractivity contribution is 0.0125. The average molecular weight is 143 g/mol. The van der Waals surface area contributed by atoms with E-state index in [9.17, 15) is 0 Å². The van der Waals surface area contributed by atoms with Crippen molar-refractivity contribution in [3.05, 3.63) is 0 Å². The van der Waals surface area contributed by atoms with Crippen molar-refractivity contribution in [2.75, 3.05) is 13.2 Å². The molecule has 0 aromatic heterocycles. The van der Waals surface area contributed by atoms with Gasteiger partial charge in [-0.15, -0.1) is 0 Å². The first-order valence-electron chi connectivity index (χ1n) is 3.99. The van der Waals surface area contributed by atoms with Crippen LogP contribution in [-0.2, 0) is 4.74 Å². The number of morpholine rings is 1. The molecule has 2 nitrogen and oxygen atoms in total. The summed E-state index contributed by atoms with van der Waals surface area (Å²) in [6.07, 6.45) is 1.16. The van der Waals surface area contributed by atoms with Gasteiger partial charge >= 0.3 is 0 Å². The van der Waals surface area contributed by atoms with E-state index in [-0.39, 0.29) is 5.54 Å². The van der Waals surface area contributed by atoms with Crippen LogP contribution in [-0.4, -0.2) is 24.8 Å². The van der Waals surface area contributed by atoms with Crippen LogP contribution < -0.4 is 5.32 Å². The minimum Gasteiger partial charge on any atom is -0.378 e. The molecule has 0 bridgehead atoms. The van der Waals surface area contributed by atoms with Crippen LogP contribution in [0.5, 0.6) is 0 Å². The number of rotatable bonds is 1. The molecule has 1 fully saturated rings. The van der Waals surface area contributed by atoms with Crippen LogP contribution in [0.15, 0.2) is 0 Å². The molecule has 1 aliphatic rings.